The van der Waals surface area contributed by atoms with Crippen molar-refractivity contribution in [1.29, 1.82) is 10.5 Å². The molecule has 20 heavy (non-hydrogen) atoms. The maximum atomic E-state index is 9.43. The molecule has 4 heteroatoms. The van der Waals surface area contributed by atoms with Gasteiger partial charge in [-0.15, -0.1) is 11.8 Å². The van der Waals surface area contributed by atoms with Crippen LogP contribution in [0.15, 0.2) is 45.4 Å². The van der Waals surface area contributed by atoms with Crippen LogP contribution in [0.2, 0.25) is 0 Å². The summed E-state index contributed by atoms with van der Waals surface area (Å²) >= 11 is 1.67. The first-order chi connectivity index (χ1) is 9.62. The molecule has 2 rings (SSSR count). The second-order valence-electron chi connectivity index (χ2n) is 4.72. The van der Waals surface area contributed by atoms with Crippen molar-refractivity contribution in [3.63, 3.8) is 0 Å². The summed E-state index contributed by atoms with van der Waals surface area (Å²) in [6.07, 6.45) is 2.02. The molecule has 1 aromatic carbocycles. The standard InChI is InChI=1S/C16H15N3S/c1-10-14(8-17)16(15(9-18)11(2)19-10)12-4-6-13(20-3)7-5-12/h4-7,14,16H,1-3H3/t14?,16-/m0/s1. The fraction of sp³-hybridized carbons (Fsp3) is 0.312. The third-order valence-electron chi connectivity index (χ3n) is 3.56. The van der Waals surface area contributed by atoms with Crippen LogP contribution in [0, 0.1) is 28.6 Å². The topological polar surface area (TPSA) is 59.9 Å². The Bertz CT molecular complexity index is 656. The van der Waals surface area contributed by atoms with Gasteiger partial charge in [0.15, 0.2) is 0 Å². The van der Waals surface area contributed by atoms with E-state index in [0.717, 1.165) is 17.0 Å². The van der Waals surface area contributed by atoms with Crippen LogP contribution in [-0.4, -0.2) is 12.0 Å². The molecule has 0 saturated carbocycles. The van der Waals surface area contributed by atoms with Crippen LogP contribution in [0.4, 0.5) is 0 Å². The number of benzene rings is 1. The number of nitrogens with zero attached hydrogens (tertiary/aromatic N) is 3. The summed E-state index contributed by atoms with van der Waals surface area (Å²) in [4.78, 5) is 5.51. The Kier molecular flexibility index (Phi) is 4.27. The summed E-state index contributed by atoms with van der Waals surface area (Å²) in [5, 5.41) is 18.8. The molecule has 0 saturated heterocycles. The van der Waals surface area contributed by atoms with E-state index in [9.17, 15) is 10.5 Å². The fourth-order valence-electron chi connectivity index (χ4n) is 2.52. The number of nitriles is 2. The van der Waals surface area contributed by atoms with Crippen molar-refractivity contribution < 1.29 is 0 Å². The number of thioether (sulfide) groups is 1. The lowest BCUT2D eigenvalue weighted by atomic mass is 9.77. The lowest BCUT2D eigenvalue weighted by Gasteiger charge is -2.26. The summed E-state index contributed by atoms with van der Waals surface area (Å²) in [7, 11) is 0. The Morgan fingerprint density at radius 2 is 1.80 bits per heavy atom. The molecule has 0 aliphatic carbocycles. The molecule has 100 valence electrons. The molecule has 3 nitrogen and oxygen atoms in total. The average Bonchev–Trinajstić information content (AvgIpc) is 2.46. The molecule has 1 heterocycles. The van der Waals surface area contributed by atoms with Gasteiger partial charge in [0, 0.05) is 16.5 Å². The maximum absolute atomic E-state index is 9.43. The van der Waals surface area contributed by atoms with Gasteiger partial charge in [0.25, 0.3) is 0 Å². The van der Waals surface area contributed by atoms with Crippen LogP contribution in [0.25, 0.3) is 0 Å². The molecular formula is C16H15N3S. The Hall–Kier alpha value is -2.04. The molecule has 1 aliphatic heterocycles. The van der Waals surface area contributed by atoms with Crippen LogP contribution in [0.3, 0.4) is 0 Å². The summed E-state index contributed by atoms with van der Waals surface area (Å²) in [5.41, 5.74) is 3.09. The Morgan fingerprint density at radius 1 is 1.15 bits per heavy atom. The van der Waals surface area contributed by atoms with Crippen molar-refractivity contribution >= 4 is 17.5 Å². The number of aliphatic imine (C=N–C) groups is 1. The van der Waals surface area contributed by atoms with Crippen molar-refractivity contribution in [2.45, 2.75) is 24.7 Å². The van der Waals surface area contributed by atoms with Gasteiger partial charge < -0.3 is 0 Å². The molecule has 0 amide bonds. The minimum Gasteiger partial charge on any atom is -0.260 e. The van der Waals surface area contributed by atoms with Crippen molar-refractivity contribution in [2.75, 3.05) is 6.26 Å². The molecule has 0 fully saturated rings. The Morgan fingerprint density at radius 3 is 2.30 bits per heavy atom. The van der Waals surface area contributed by atoms with E-state index in [0.29, 0.717) is 5.57 Å². The summed E-state index contributed by atoms with van der Waals surface area (Å²) in [6.45, 7) is 3.69. The van der Waals surface area contributed by atoms with Crippen molar-refractivity contribution in [3.05, 3.63) is 41.1 Å². The van der Waals surface area contributed by atoms with Crippen molar-refractivity contribution in [1.82, 2.24) is 0 Å². The first-order valence-electron chi connectivity index (χ1n) is 6.32. The largest absolute Gasteiger partial charge is 0.260 e. The molecule has 0 spiro atoms. The van der Waals surface area contributed by atoms with Crippen LogP contribution in [0.1, 0.15) is 25.3 Å². The summed E-state index contributed by atoms with van der Waals surface area (Å²) in [5.74, 6) is -0.577. The Balaban J connectivity index is 2.53. The van der Waals surface area contributed by atoms with Gasteiger partial charge in [-0.05, 0) is 37.8 Å². The molecular weight excluding hydrogens is 266 g/mol. The second-order valence-corrected chi connectivity index (χ2v) is 5.60. The first kappa shape index (κ1) is 14.4. The monoisotopic (exact) mass is 281 g/mol. The van der Waals surface area contributed by atoms with Gasteiger partial charge in [-0.3, -0.25) is 4.99 Å². The van der Waals surface area contributed by atoms with Gasteiger partial charge in [-0.2, -0.15) is 10.5 Å². The van der Waals surface area contributed by atoms with Crippen LogP contribution in [-0.2, 0) is 0 Å². The normalized spacial score (nSPS) is 21.9. The highest BCUT2D eigenvalue weighted by Crippen LogP contribution is 2.38. The van der Waals surface area contributed by atoms with Gasteiger partial charge >= 0.3 is 0 Å². The number of hydrogen-bond donors (Lipinski definition) is 0. The highest BCUT2D eigenvalue weighted by atomic mass is 32.2. The third kappa shape index (κ3) is 2.48. The van der Waals surface area contributed by atoms with Crippen molar-refractivity contribution in [3.8, 4) is 12.1 Å². The average molecular weight is 281 g/mol. The van der Waals surface area contributed by atoms with Crippen molar-refractivity contribution in [2.24, 2.45) is 10.9 Å². The SMILES string of the molecule is CSc1ccc([C@@H]2C(C#N)=C(C)N=C(C)C2C#N)cc1. The number of rotatable bonds is 2. The van der Waals surface area contributed by atoms with Gasteiger partial charge in [0.1, 0.15) is 0 Å². The quantitative estimate of drug-likeness (QED) is 0.772. The zero-order valence-corrected chi connectivity index (χ0v) is 12.5. The molecule has 0 N–H and O–H groups in total. The predicted octanol–water partition coefficient (Wildman–Crippen LogP) is 3.90. The van der Waals surface area contributed by atoms with Crippen LogP contribution < -0.4 is 0 Å². The third-order valence-corrected chi connectivity index (χ3v) is 4.31. The molecule has 0 aromatic heterocycles. The van der Waals surface area contributed by atoms with E-state index in [1.54, 1.807) is 11.8 Å². The molecule has 1 aliphatic rings. The summed E-state index contributed by atoms with van der Waals surface area (Å²) < 4.78 is 0. The lowest BCUT2D eigenvalue weighted by molar-refractivity contribution is 0.703. The molecule has 1 unspecified atom stereocenters. The van der Waals surface area contributed by atoms with Gasteiger partial charge in [-0.25, -0.2) is 0 Å². The first-order valence-corrected chi connectivity index (χ1v) is 7.54. The van der Waals surface area contributed by atoms with E-state index in [1.807, 2.05) is 44.4 Å². The van der Waals surface area contributed by atoms with E-state index >= 15 is 0 Å². The summed E-state index contributed by atoms with van der Waals surface area (Å²) in [6, 6.07) is 12.6. The van der Waals surface area contributed by atoms with E-state index in [2.05, 4.69) is 17.1 Å². The zero-order chi connectivity index (χ0) is 14.7. The van der Waals surface area contributed by atoms with E-state index in [-0.39, 0.29) is 11.8 Å². The highest BCUT2D eigenvalue weighted by Gasteiger charge is 2.33. The Labute approximate surface area is 123 Å². The fourth-order valence-corrected chi connectivity index (χ4v) is 2.92. The minimum absolute atomic E-state index is 0.210. The molecule has 0 radical (unpaired) electrons. The zero-order valence-electron chi connectivity index (χ0n) is 11.7. The maximum Gasteiger partial charge on any atom is 0.0973 e. The van der Waals surface area contributed by atoms with E-state index in [1.165, 1.54) is 4.90 Å². The van der Waals surface area contributed by atoms with Gasteiger partial charge in [-0.1, -0.05) is 12.1 Å². The van der Waals surface area contributed by atoms with E-state index in [4.69, 9.17) is 0 Å². The lowest BCUT2D eigenvalue weighted by Crippen LogP contribution is -2.24. The number of allylic oxidation sites excluding steroid dienone is 2. The number of hydrogen-bond acceptors (Lipinski definition) is 4. The molecule has 2 atom stereocenters. The van der Waals surface area contributed by atoms with Crippen LogP contribution >= 0.6 is 11.8 Å². The smallest absolute Gasteiger partial charge is 0.0973 e. The molecule has 0 bridgehead atoms. The van der Waals surface area contributed by atoms with Gasteiger partial charge in [0.05, 0.1) is 29.3 Å². The second kappa shape index (κ2) is 5.94. The van der Waals surface area contributed by atoms with Gasteiger partial charge in [0.2, 0.25) is 0 Å². The molecule has 1 aromatic rings. The van der Waals surface area contributed by atoms with E-state index < -0.39 is 0 Å². The highest BCUT2D eigenvalue weighted by molar-refractivity contribution is 7.98. The predicted molar refractivity (Wildman–Crippen MR) is 81.5 cm³/mol. The minimum atomic E-state index is -0.367. The van der Waals surface area contributed by atoms with Crippen LogP contribution in [0.5, 0.6) is 0 Å².